The van der Waals surface area contributed by atoms with Gasteiger partial charge in [0.15, 0.2) is 0 Å². The normalized spacial score (nSPS) is 36.1. The number of hydrogen-bond acceptors (Lipinski definition) is 1. The van der Waals surface area contributed by atoms with Crippen molar-refractivity contribution in [3.63, 3.8) is 0 Å². The summed E-state index contributed by atoms with van der Waals surface area (Å²) in [6, 6.07) is 9.76. The molecular formula is C28H34OS. The van der Waals surface area contributed by atoms with Crippen LogP contribution in [0.15, 0.2) is 75.7 Å². The number of benzene rings is 1. The van der Waals surface area contributed by atoms with E-state index in [0.29, 0.717) is 5.92 Å². The summed E-state index contributed by atoms with van der Waals surface area (Å²) < 4.78 is 12.8. The summed E-state index contributed by atoms with van der Waals surface area (Å²) in [5.41, 5.74) is 8.45. The van der Waals surface area contributed by atoms with Crippen molar-refractivity contribution in [1.29, 1.82) is 0 Å². The average molecular weight is 419 g/mol. The predicted molar refractivity (Wildman–Crippen MR) is 125 cm³/mol. The molecule has 2 heteroatoms. The van der Waals surface area contributed by atoms with Gasteiger partial charge in [0, 0.05) is 15.7 Å². The molecule has 0 heterocycles. The summed E-state index contributed by atoms with van der Waals surface area (Å²) in [4.78, 5) is 0.864. The molecule has 0 aromatic heterocycles. The van der Waals surface area contributed by atoms with Crippen LogP contribution in [0.1, 0.15) is 64.7 Å². The quantitative estimate of drug-likeness (QED) is 0.370. The fraction of sp³-hybridized carbons (Fsp3) is 0.536. The minimum Gasteiger partial charge on any atom is -0.249 e. The Morgan fingerprint density at radius 3 is 2.83 bits per heavy atom. The van der Waals surface area contributed by atoms with Crippen LogP contribution in [0.3, 0.4) is 0 Å². The first-order valence-corrected chi connectivity index (χ1v) is 13.1. The van der Waals surface area contributed by atoms with Crippen LogP contribution in [0.2, 0.25) is 0 Å². The third-order valence-corrected chi connectivity index (χ3v) is 9.83. The number of fused-ring (bicyclic) bond motifs is 5. The van der Waals surface area contributed by atoms with Gasteiger partial charge in [-0.3, -0.25) is 0 Å². The molecule has 1 unspecified atom stereocenters. The van der Waals surface area contributed by atoms with E-state index in [1.807, 2.05) is 35.7 Å². The first kappa shape index (κ1) is 20.3. The molecule has 1 aromatic rings. The second-order valence-electron chi connectivity index (χ2n) is 9.89. The lowest BCUT2D eigenvalue weighted by atomic mass is 9.49. The molecule has 6 atom stereocenters. The van der Waals surface area contributed by atoms with Crippen molar-refractivity contribution in [2.75, 3.05) is 0 Å². The number of allylic oxidation sites excluding steroid dienone is 4. The van der Waals surface area contributed by atoms with Gasteiger partial charge in [-0.2, -0.15) is 0 Å². The molecule has 0 bridgehead atoms. The molecule has 1 aromatic carbocycles. The predicted octanol–water partition coefficient (Wildman–Crippen LogP) is 7.35. The van der Waals surface area contributed by atoms with Gasteiger partial charge in [-0.25, -0.2) is 4.21 Å². The number of rotatable bonds is 3. The Bertz CT molecular complexity index is 948. The highest BCUT2D eigenvalue weighted by Gasteiger charge is 2.56. The van der Waals surface area contributed by atoms with Crippen molar-refractivity contribution >= 4 is 10.8 Å². The summed E-state index contributed by atoms with van der Waals surface area (Å²) in [5, 5.41) is 1.82. The standard InChI is InChI=1S/C28H34OS/c1-3-28-19-20(2)27-24-12-8-7-9-21(24)13-15-25(27)26(28)16-14-22(28)17-18-30(29)23-10-5-4-6-11-23/h4-6,9-11,18,24-27H,2-3,7-8,12-16,19H2,1H3/t17?,24-,25-,26-,27+,28+,30?/m0/s1. The van der Waals surface area contributed by atoms with E-state index in [1.165, 1.54) is 49.7 Å². The van der Waals surface area contributed by atoms with Gasteiger partial charge in [0.05, 0.1) is 10.8 Å². The van der Waals surface area contributed by atoms with E-state index in [4.69, 9.17) is 0 Å². The maximum atomic E-state index is 12.8. The highest BCUT2D eigenvalue weighted by atomic mass is 32.2. The van der Waals surface area contributed by atoms with E-state index in [1.54, 1.807) is 5.57 Å². The van der Waals surface area contributed by atoms with Gasteiger partial charge >= 0.3 is 0 Å². The van der Waals surface area contributed by atoms with E-state index < -0.39 is 10.8 Å². The van der Waals surface area contributed by atoms with Crippen LogP contribution in [0.25, 0.3) is 0 Å². The molecule has 3 saturated carbocycles. The SMILES string of the molecule is C=C1C[C@]2(CC)C(=C=CS(=O)c3ccccc3)CC[C@H]2[C@@H]2CCC3=CCCC[C@@H]3[C@@H]12. The van der Waals surface area contributed by atoms with Crippen molar-refractivity contribution in [2.24, 2.45) is 29.1 Å². The van der Waals surface area contributed by atoms with Crippen LogP contribution >= 0.6 is 0 Å². The maximum Gasteiger partial charge on any atom is 0.0854 e. The summed E-state index contributed by atoms with van der Waals surface area (Å²) in [6.07, 6.45) is 13.9. The van der Waals surface area contributed by atoms with Crippen LogP contribution in [0.5, 0.6) is 0 Å². The highest BCUT2D eigenvalue weighted by Crippen LogP contribution is 2.65. The van der Waals surface area contributed by atoms with E-state index in [9.17, 15) is 4.21 Å². The topological polar surface area (TPSA) is 17.1 Å². The third-order valence-electron chi connectivity index (χ3n) is 8.76. The molecule has 4 aliphatic carbocycles. The lowest BCUT2D eigenvalue weighted by Crippen LogP contribution is -2.46. The zero-order valence-corrected chi connectivity index (χ0v) is 19.1. The van der Waals surface area contributed by atoms with Gasteiger partial charge in [0.25, 0.3) is 0 Å². The van der Waals surface area contributed by atoms with E-state index in [0.717, 1.165) is 41.9 Å². The molecule has 0 amide bonds. The molecule has 4 aliphatic rings. The van der Waals surface area contributed by atoms with Crippen molar-refractivity contribution in [2.45, 2.75) is 69.6 Å². The maximum absolute atomic E-state index is 12.8. The Labute approximate surface area is 184 Å². The Kier molecular flexibility index (Phi) is 5.50. The average Bonchev–Trinajstić information content (AvgIpc) is 3.16. The van der Waals surface area contributed by atoms with Crippen molar-refractivity contribution < 1.29 is 4.21 Å². The molecule has 1 nitrogen and oxygen atoms in total. The van der Waals surface area contributed by atoms with Gasteiger partial charge in [0.1, 0.15) is 0 Å². The Balaban J connectivity index is 1.47. The molecule has 3 fully saturated rings. The zero-order chi connectivity index (χ0) is 20.7. The molecule has 0 aliphatic heterocycles. The van der Waals surface area contributed by atoms with Gasteiger partial charge in [-0.1, -0.05) is 48.9 Å². The summed E-state index contributed by atoms with van der Waals surface area (Å²) in [6.45, 7) is 7.04. The highest BCUT2D eigenvalue weighted by molar-refractivity contribution is 7.88. The zero-order valence-electron chi connectivity index (χ0n) is 18.2. The van der Waals surface area contributed by atoms with Crippen LogP contribution in [0.4, 0.5) is 0 Å². The van der Waals surface area contributed by atoms with Crippen LogP contribution < -0.4 is 0 Å². The van der Waals surface area contributed by atoms with Gasteiger partial charge < -0.3 is 0 Å². The van der Waals surface area contributed by atoms with E-state index >= 15 is 0 Å². The van der Waals surface area contributed by atoms with Crippen LogP contribution in [-0.2, 0) is 10.8 Å². The van der Waals surface area contributed by atoms with Crippen molar-refractivity contribution in [3.8, 4) is 0 Å². The fourth-order valence-corrected chi connectivity index (χ4v) is 8.32. The summed E-state index contributed by atoms with van der Waals surface area (Å²) in [5.74, 6) is 3.01. The molecule has 5 rings (SSSR count). The molecule has 0 radical (unpaired) electrons. The minimum atomic E-state index is -1.12. The lowest BCUT2D eigenvalue weighted by Gasteiger charge is -2.54. The van der Waals surface area contributed by atoms with Crippen molar-refractivity contribution in [3.05, 3.63) is 70.8 Å². The number of hydrogen-bond donors (Lipinski definition) is 0. The van der Waals surface area contributed by atoms with Crippen LogP contribution in [-0.4, -0.2) is 4.21 Å². The van der Waals surface area contributed by atoms with E-state index in [2.05, 4.69) is 25.3 Å². The summed E-state index contributed by atoms with van der Waals surface area (Å²) in [7, 11) is -1.12. The first-order chi connectivity index (χ1) is 14.6. The molecule has 158 valence electrons. The largest absolute Gasteiger partial charge is 0.249 e. The Morgan fingerprint density at radius 2 is 2.03 bits per heavy atom. The van der Waals surface area contributed by atoms with E-state index in [-0.39, 0.29) is 5.41 Å². The van der Waals surface area contributed by atoms with Crippen LogP contribution in [0, 0.1) is 29.1 Å². The third kappa shape index (κ3) is 3.24. The molecule has 0 spiro atoms. The van der Waals surface area contributed by atoms with Gasteiger partial charge in [-0.15, -0.1) is 5.73 Å². The fourth-order valence-electron chi connectivity index (χ4n) is 7.51. The molecule has 0 N–H and O–H groups in total. The van der Waals surface area contributed by atoms with Crippen molar-refractivity contribution in [1.82, 2.24) is 0 Å². The first-order valence-electron chi connectivity index (χ1n) is 11.9. The monoisotopic (exact) mass is 418 g/mol. The second kappa shape index (κ2) is 8.13. The minimum absolute atomic E-state index is 0.200. The molecular weight excluding hydrogens is 384 g/mol. The smallest absolute Gasteiger partial charge is 0.0854 e. The second-order valence-corrected chi connectivity index (χ2v) is 11.2. The molecule has 0 saturated heterocycles. The van der Waals surface area contributed by atoms with Gasteiger partial charge in [-0.05, 0) is 99.2 Å². The van der Waals surface area contributed by atoms with Gasteiger partial charge in [0.2, 0.25) is 0 Å². The lowest BCUT2D eigenvalue weighted by molar-refractivity contribution is 0.0414. The molecule has 30 heavy (non-hydrogen) atoms. The summed E-state index contributed by atoms with van der Waals surface area (Å²) >= 11 is 0. The Hall–Kier alpha value is -1.63. The Morgan fingerprint density at radius 1 is 1.20 bits per heavy atom.